The summed E-state index contributed by atoms with van der Waals surface area (Å²) >= 11 is 0. The first-order valence-electron chi connectivity index (χ1n) is 11.3. The Morgan fingerprint density at radius 3 is 2.30 bits per heavy atom. The Bertz CT molecular complexity index is 1350. The van der Waals surface area contributed by atoms with Crippen molar-refractivity contribution >= 4 is 27.3 Å². The summed E-state index contributed by atoms with van der Waals surface area (Å²) in [7, 11) is -0.567. The van der Waals surface area contributed by atoms with Crippen molar-refractivity contribution in [3.05, 3.63) is 77.9 Å². The third-order valence-corrected chi connectivity index (χ3v) is 6.39. The van der Waals surface area contributed by atoms with E-state index in [0.717, 1.165) is 6.26 Å². The smallest absolute Gasteiger partial charge is 0.249 e. The van der Waals surface area contributed by atoms with Crippen molar-refractivity contribution in [1.29, 1.82) is 0 Å². The van der Waals surface area contributed by atoms with Gasteiger partial charge in [-0.3, -0.25) is 14.8 Å². The molecule has 0 aliphatic carbocycles. The second-order valence-corrected chi connectivity index (χ2v) is 10.3. The molecule has 0 aromatic heterocycles. The van der Waals surface area contributed by atoms with E-state index < -0.39 is 21.7 Å². The molecule has 3 aromatic rings. The largest absolute Gasteiger partial charge is 0.506 e. The van der Waals surface area contributed by atoms with Crippen LogP contribution in [0.15, 0.2) is 66.7 Å². The zero-order valence-electron chi connectivity index (χ0n) is 21.0. The number of anilines is 2. The van der Waals surface area contributed by atoms with Crippen molar-refractivity contribution < 1.29 is 32.9 Å². The van der Waals surface area contributed by atoms with Gasteiger partial charge in [-0.05, 0) is 54.4 Å². The lowest BCUT2D eigenvalue weighted by Crippen LogP contribution is -2.50. The van der Waals surface area contributed by atoms with E-state index in [1.165, 1.54) is 25.3 Å². The van der Waals surface area contributed by atoms with Gasteiger partial charge in [0.2, 0.25) is 15.9 Å². The Hall–Kier alpha value is -3.80. The number of nitrogens with one attached hydrogen (secondary N) is 3. The number of phenolic OH excluding ortho intramolecular Hbond substituents is 1. The summed E-state index contributed by atoms with van der Waals surface area (Å²) in [4.78, 5) is 13.6. The fourth-order valence-electron chi connectivity index (χ4n) is 3.66. The molecule has 37 heavy (non-hydrogen) atoms. The van der Waals surface area contributed by atoms with E-state index >= 15 is 0 Å². The van der Waals surface area contributed by atoms with E-state index in [0.29, 0.717) is 28.3 Å². The van der Waals surface area contributed by atoms with E-state index in [9.17, 15) is 23.4 Å². The van der Waals surface area contributed by atoms with Crippen LogP contribution >= 0.6 is 0 Å². The molecule has 0 aliphatic rings. The van der Waals surface area contributed by atoms with Crippen LogP contribution in [0.1, 0.15) is 24.2 Å². The normalized spacial score (nSPS) is 13.8. The van der Waals surface area contributed by atoms with Gasteiger partial charge in [-0.2, -0.15) is 0 Å². The minimum absolute atomic E-state index is 0.0623. The van der Waals surface area contributed by atoms with E-state index in [4.69, 9.17) is 9.47 Å². The molecule has 5 N–H and O–H groups in total. The van der Waals surface area contributed by atoms with Crippen LogP contribution in [0.3, 0.4) is 0 Å². The number of rotatable bonds is 11. The van der Waals surface area contributed by atoms with Crippen LogP contribution in [0.5, 0.6) is 17.2 Å². The maximum atomic E-state index is 13.6. The third kappa shape index (κ3) is 7.13. The summed E-state index contributed by atoms with van der Waals surface area (Å²) < 4.78 is 35.9. The third-order valence-electron chi connectivity index (χ3n) is 5.80. The Morgan fingerprint density at radius 1 is 1.00 bits per heavy atom. The molecule has 0 unspecified atom stereocenters. The highest BCUT2D eigenvalue weighted by Crippen LogP contribution is 2.30. The predicted molar refractivity (Wildman–Crippen MR) is 142 cm³/mol. The molecule has 2 atom stereocenters. The van der Waals surface area contributed by atoms with Crippen LogP contribution in [0.4, 0.5) is 11.4 Å². The molecular weight excluding hydrogens is 498 g/mol. The molecule has 0 fully saturated rings. The fraction of sp³-hybridized carbons (Fsp3) is 0.269. The van der Waals surface area contributed by atoms with Crippen molar-refractivity contribution in [2.45, 2.75) is 18.6 Å². The number of carbonyl (C=O) groups is 1. The number of ether oxygens (including phenoxy) is 2. The van der Waals surface area contributed by atoms with Crippen molar-refractivity contribution in [2.75, 3.05) is 37.1 Å². The molecule has 0 heterocycles. The van der Waals surface area contributed by atoms with Crippen LogP contribution in [0.2, 0.25) is 0 Å². The van der Waals surface area contributed by atoms with E-state index in [-0.39, 0.29) is 23.9 Å². The number of aliphatic hydroxyl groups is 1. The minimum Gasteiger partial charge on any atom is -0.506 e. The number of carbonyl (C=O) groups excluding carboxylic acids is 1. The van der Waals surface area contributed by atoms with Gasteiger partial charge in [0.25, 0.3) is 0 Å². The van der Waals surface area contributed by atoms with Gasteiger partial charge in [0.15, 0.2) is 0 Å². The van der Waals surface area contributed by atoms with Gasteiger partial charge < -0.3 is 25.0 Å². The van der Waals surface area contributed by atoms with Gasteiger partial charge >= 0.3 is 0 Å². The molecule has 1 amide bonds. The van der Waals surface area contributed by atoms with Crippen molar-refractivity contribution in [2.24, 2.45) is 0 Å². The molecule has 0 spiro atoms. The van der Waals surface area contributed by atoms with Crippen LogP contribution in [0.25, 0.3) is 0 Å². The maximum absolute atomic E-state index is 13.6. The second-order valence-electron chi connectivity index (χ2n) is 8.59. The Kier molecular flexibility index (Phi) is 8.64. The van der Waals surface area contributed by atoms with Crippen LogP contribution < -0.4 is 24.8 Å². The first-order chi connectivity index (χ1) is 17.4. The highest BCUT2D eigenvalue weighted by Gasteiger charge is 2.36. The van der Waals surface area contributed by atoms with E-state index in [1.54, 1.807) is 62.6 Å². The Balaban J connectivity index is 1.87. The number of amides is 1. The number of phenols is 1. The summed E-state index contributed by atoms with van der Waals surface area (Å²) in [5.74, 6) is 0.533. The van der Waals surface area contributed by atoms with E-state index in [1.807, 2.05) is 0 Å². The monoisotopic (exact) mass is 529 g/mol. The lowest BCUT2D eigenvalue weighted by Gasteiger charge is -2.31. The van der Waals surface area contributed by atoms with Gasteiger partial charge in [-0.25, -0.2) is 8.42 Å². The number of benzene rings is 3. The van der Waals surface area contributed by atoms with Gasteiger partial charge in [0.1, 0.15) is 22.8 Å². The van der Waals surface area contributed by atoms with Crippen molar-refractivity contribution in [3.63, 3.8) is 0 Å². The van der Waals surface area contributed by atoms with Gasteiger partial charge in [0, 0.05) is 18.3 Å². The molecule has 10 nitrogen and oxygen atoms in total. The minimum atomic E-state index is -3.64. The molecule has 0 radical (unpaired) electrons. The predicted octanol–water partition coefficient (Wildman–Crippen LogP) is 2.96. The highest BCUT2D eigenvalue weighted by molar-refractivity contribution is 7.92. The summed E-state index contributed by atoms with van der Waals surface area (Å²) in [6, 6.07) is 18.0. The maximum Gasteiger partial charge on any atom is 0.249 e. The molecule has 198 valence electrons. The SMILES string of the molecule is COc1ccc([C@](C)(NC[C@H](O)c2ccc(O)c(NS(C)(=O)=O)c2)C(=O)Nc2cccc(OC)c2)cc1. The molecule has 3 rings (SSSR count). The number of hydrogen-bond acceptors (Lipinski definition) is 8. The zero-order chi connectivity index (χ0) is 27.2. The molecule has 11 heteroatoms. The molecule has 0 aliphatic heterocycles. The molecule has 3 aromatic carbocycles. The van der Waals surface area contributed by atoms with Gasteiger partial charge in [-0.15, -0.1) is 0 Å². The first kappa shape index (κ1) is 27.8. The van der Waals surface area contributed by atoms with Crippen LogP contribution in [-0.2, 0) is 20.4 Å². The second kappa shape index (κ2) is 11.5. The molecular formula is C26H31N3O7S. The lowest BCUT2D eigenvalue weighted by atomic mass is 9.90. The quantitative estimate of drug-likeness (QED) is 0.238. The number of sulfonamides is 1. The standard InChI is InChI=1S/C26H31N3O7S/c1-26(18-9-11-20(35-2)12-10-18,25(32)28-19-6-5-7-21(15-19)36-3)27-16-24(31)17-8-13-23(30)22(14-17)29-37(4,33)34/h5-15,24,27,29-31H,16H2,1-4H3,(H,28,32)/t24-,26-/m0/s1. The van der Waals surface area contributed by atoms with E-state index in [2.05, 4.69) is 15.4 Å². The molecule has 0 saturated carbocycles. The van der Waals surface area contributed by atoms with Crippen molar-refractivity contribution in [1.82, 2.24) is 5.32 Å². The van der Waals surface area contributed by atoms with Gasteiger partial charge in [-0.1, -0.05) is 24.3 Å². The average molecular weight is 530 g/mol. The summed E-state index contributed by atoms with van der Waals surface area (Å²) in [6.45, 7) is 1.61. The molecule has 0 bridgehead atoms. The van der Waals surface area contributed by atoms with Gasteiger partial charge in [0.05, 0.1) is 32.3 Å². The number of hydrogen-bond donors (Lipinski definition) is 5. The first-order valence-corrected chi connectivity index (χ1v) is 13.2. The average Bonchev–Trinajstić information content (AvgIpc) is 2.87. The number of aromatic hydroxyl groups is 1. The number of aliphatic hydroxyl groups excluding tert-OH is 1. The fourth-order valence-corrected chi connectivity index (χ4v) is 4.22. The summed E-state index contributed by atoms with van der Waals surface area (Å²) in [5.41, 5.74) is 0.128. The van der Waals surface area contributed by atoms with Crippen LogP contribution in [-0.4, -0.2) is 51.6 Å². The topological polar surface area (TPSA) is 146 Å². The highest BCUT2D eigenvalue weighted by atomic mass is 32.2. The Morgan fingerprint density at radius 2 is 1.68 bits per heavy atom. The summed E-state index contributed by atoms with van der Waals surface area (Å²) in [6.07, 6.45) is -0.180. The van der Waals surface area contributed by atoms with Crippen LogP contribution in [0, 0.1) is 0 Å². The van der Waals surface area contributed by atoms with Crippen molar-refractivity contribution in [3.8, 4) is 17.2 Å². The Labute approximate surface area is 216 Å². The lowest BCUT2D eigenvalue weighted by molar-refractivity contribution is -0.122. The zero-order valence-corrected chi connectivity index (χ0v) is 21.8. The molecule has 0 saturated heterocycles. The summed E-state index contributed by atoms with van der Waals surface area (Å²) in [5, 5.41) is 26.9. The number of methoxy groups -OCH3 is 2.